The molecule has 0 saturated carbocycles. The lowest BCUT2D eigenvalue weighted by Gasteiger charge is -2.11. The van der Waals surface area contributed by atoms with Crippen molar-refractivity contribution in [2.75, 3.05) is 12.0 Å². The van der Waals surface area contributed by atoms with Crippen molar-refractivity contribution in [3.8, 4) is 0 Å². The smallest absolute Gasteiger partial charge is 0.0581 e. The third kappa shape index (κ3) is 3.01. The summed E-state index contributed by atoms with van der Waals surface area (Å²) in [4.78, 5) is 0. The fourth-order valence-electron chi connectivity index (χ4n) is 1.32. The molecule has 4 nitrogen and oxygen atoms in total. The molecule has 1 unspecified atom stereocenters. The van der Waals surface area contributed by atoms with Crippen molar-refractivity contribution in [3.05, 3.63) is 18.0 Å². The minimum absolute atomic E-state index is 0.204. The first kappa shape index (κ1) is 11.6. The van der Waals surface area contributed by atoms with E-state index in [0.29, 0.717) is 0 Å². The Balaban J connectivity index is 2.63. The highest BCUT2D eigenvalue weighted by atomic mass is 32.2. The van der Waals surface area contributed by atoms with Crippen molar-refractivity contribution in [2.24, 2.45) is 5.84 Å². The summed E-state index contributed by atoms with van der Waals surface area (Å²) < 4.78 is 1.96. The summed E-state index contributed by atoms with van der Waals surface area (Å²) in [6.45, 7) is 3.11. The summed E-state index contributed by atoms with van der Waals surface area (Å²) in [5.41, 5.74) is 3.96. The van der Waals surface area contributed by atoms with Gasteiger partial charge in [0.2, 0.25) is 0 Å². The van der Waals surface area contributed by atoms with Crippen molar-refractivity contribution >= 4 is 11.8 Å². The fourth-order valence-corrected chi connectivity index (χ4v) is 1.94. The molecule has 0 aromatic carbocycles. The van der Waals surface area contributed by atoms with Gasteiger partial charge in [0.05, 0.1) is 12.2 Å². The van der Waals surface area contributed by atoms with Gasteiger partial charge < -0.3 is 0 Å². The summed E-state index contributed by atoms with van der Waals surface area (Å²) in [5, 5.41) is 4.27. The first-order valence-electron chi connectivity index (χ1n) is 4.79. The highest BCUT2D eigenvalue weighted by Crippen LogP contribution is 2.15. The molecule has 0 aliphatic heterocycles. The number of hydrogen-bond acceptors (Lipinski definition) is 4. The minimum atomic E-state index is 0.204. The molecule has 0 bridgehead atoms. The molecule has 14 heavy (non-hydrogen) atoms. The minimum Gasteiger partial charge on any atom is -0.272 e. The largest absolute Gasteiger partial charge is 0.272 e. The summed E-state index contributed by atoms with van der Waals surface area (Å²) in [6, 6.07) is 0.204. The molecule has 1 aromatic rings. The zero-order valence-corrected chi connectivity index (χ0v) is 9.55. The predicted molar refractivity (Wildman–Crippen MR) is 61.0 cm³/mol. The quantitative estimate of drug-likeness (QED) is 0.551. The molecule has 1 aromatic heterocycles. The molecule has 3 N–H and O–H groups in total. The topological polar surface area (TPSA) is 55.9 Å². The van der Waals surface area contributed by atoms with Gasteiger partial charge in [0, 0.05) is 24.1 Å². The van der Waals surface area contributed by atoms with Crippen LogP contribution in [0.1, 0.15) is 24.9 Å². The van der Waals surface area contributed by atoms with Gasteiger partial charge in [-0.15, -0.1) is 0 Å². The zero-order valence-electron chi connectivity index (χ0n) is 8.73. The molecule has 1 rings (SSSR count). The van der Waals surface area contributed by atoms with Crippen LogP contribution in [0.25, 0.3) is 0 Å². The third-order valence-electron chi connectivity index (χ3n) is 2.04. The van der Waals surface area contributed by atoms with E-state index in [-0.39, 0.29) is 6.04 Å². The van der Waals surface area contributed by atoms with E-state index in [1.807, 2.05) is 10.9 Å². The lowest BCUT2D eigenvalue weighted by atomic mass is 10.2. The molecule has 0 amide bonds. The van der Waals surface area contributed by atoms with E-state index in [1.165, 1.54) is 0 Å². The van der Waals surface area contributed by atoms with Crippen LogP contribution >= 0.6 is 11.8 Å². The number of aryl methyl sites for hydroxylation is 1. The lowest BCUT2D eigenvalue weighted by Crippen LogP contribution is -2.29. The highest BCUT2D eigenvalue weighted by Gasteiger charge is 2.10. The Bertz CT molecular complexity index is 261. The van der Waals surface area contributed by atoms with Crippen LogP contribution in [0.15, 0.2) is 12.4 Å². The first-order chi connectivity index (χ1) is 6.81. The van der Waals surface area contributed by atoms with E-state index in [9.17, 15) is 0 Å². The highest BCUT2D eigenvalue weighted by molar-refractivity contribution is 7.98. The molecule has 0 aliphatic rings. The van der Waals surface area contributed by atoms with Gasteiger partial charge in [-0.3, -0.25) is 16.0 Å². The van der Waals surface area contributed by atoms with Crippen LogP contribution in [0.3, 0.4) is 0 Å². The standard InChI is InChI=1S/C9H18N4S/c1-3-4-13-6-8(5-11-13)9(12-10)7-14-2/h5-6,9,12H,3-4,7,10H2,1-2H3. The number of nitrogens with zero attached hydrogens (tertiary/aromatic N) is 2. The van der Waals surface area contributed by atoms with Gasteiger partial charge in [-0.2, -0.15) is 16.9 Å². The second-order valence-electron chi connectivity index (χ2n) is 3.21. The Morgan fingerprint density at radius 2 is 2.50 bits per heavy atom. The van der Waals surface area contributed by atoms with Crippen molar-refractivity contribution < 1.29 is 0 Å². The van der Waals surface area contributed by atoms with Crippen LogP contribution in [0.4, 0.5) is 0 Å². The molecular weight excluding hydrogens is 196 g/mol. The Morgan fingerprint density at radius 3 is 3.07 bits per heavy atom. The number of thioether (sulfide) groups is 1. The Hall–Kier alpha value is -0.520. The molecular formula is C9H18N4S. The number of nitrogens with two attached hydrogens (primary N) is 1. The van der Waals surface area contributed by atoms with Gasteiger partial charge in [0.15, 0.2) is 0 Å². The van der Waals surface area contributed by atoms with Gasteiger partial charge in [-0.05, 0) is 12.7 Å². The number of rotatable bonds is 6. The Labute approximate surface area is 89.2 Å². The average Bonchev–Trinajstić information content (AvgIpc) is 2.63. The number of aromatic nitrogens is 2. The fraction of sp³-hybridized carbons (Fsp3) is 0.667. The maximum absolute atomic E-state index is 5.47. The Morgan fingerprint density at radius 1 is 1.71 bits per heavy atom. The molecule has 0 radical (unpaired) electrons. The van der Waals surface area contributed by atoms with Gasteiger partial charge in [-0.1, -0.05) is 6.92 Å². The predicted octanol–water partition coefficient (Wildman–Crippen LogP) is 1.16. The number of hydrogen-bond donors (Lipinski definition) is 2. The monoisotopic (exact) mass is 214 g/mol. The van der Waals surface area contributed by atoms with Crippen molar-refractivity contribution in [2.45, 2.75) is 25.9 Å². The van der Waals surface area contributed by atoms with Gasteiger partial charge in [-0.25, -0.2) is 0 Å². The van der Waals surface area contributed by atoms with E-state index in [0.717, 1.165) is 24.3 Å². The van der Waals surface area contributed by atoms with Gasteiger partial charge >= 0.3 is 0 Å². The Kier molecular flexibility index (Phi) is 5.00. The molecule has 5 heteroatoms. The SMILES string of the molecule is CCCn1cc(C(CSC)NN)cn1. The lowest BCUT2D eigenvalue weighted by molar-refractivity contribution is 0.592. The maximum Gasteiger partial charge on any atom is 0.0581 e. The van der Waals surface area contributed by atoms with E-state index < -0.39 is 0 Å². The van der Waals surface area contributed by atoms with Crippen LogP contribution in [0, 0.1) is 0 Å². The van der Waals surface area contributed by atoms with Crippen molar-refractivity contribution in [1.82, 2.24) is 15.2 Å². The average molecular weight is 214 g/mol. The normalized spacial score (nSPS) is 13.1. The third-order valence-corrected chi connectivity index (χ3v) is 2.71. The van der Waals surface area contributed by atoms with E-state index in [2.05, 4.69) is 29.9 Å². The summed E-state index contributed by atoms with van der Waals surface area (Å²) >= 11 is 1.77. The van der Waals surface area contributed by atoms with Crippen LogP contribution in [-0.2, 0) is 6.54 Å². The van der Waals surface area contributed by atoms with E-state index in [4.69, 9.17) is 5.84 Å². The van der Waals surface area contributed by atoms with Gasteiger partial charge in [0.25, 0.3) is 0 Å². The molecule has 1 heterocycles. The summed E-state index contributed by atoms with van der Waals surface area (Å²) in [7, 11) is 0. The van der Waals surface area contributed by atoms with Crippen LogP contribution < -0.4 is 11.3 Å². The van der Waals surface area contributed by atoms with E-state index >= 15 is 0 Å². The van der Waals surface area contributed by atoms with E-state index in [1.54, 1.807) is 11.8 Å². The summed E-state index contributed by atoms with van der Waals surface area (Å²) in [5.74, 6) is 6.44. The second kappa shape index (κ2) is 6.06. The molecule has 1 atom stereocenters. The van der Waals surface area contributed by atoms with Crippen LogP contribution in [-0.4, -0.2) is 21.8 Å². The molecule has 0 fully saturated rings. The summed E-state index contributed by atoms with van der Waals surface area (Å²) in [6.07, 6.45) is 7.12. The second-order valence-corrected chi connectivity index (χ2v) is 4.12. The number of hydrazine groups is 1. The van der Waals surface area contributed by atoms with Crippen LogP contribution in [0.2, 0.25) is 0 Å². The van der Waals surface area contributed by atoms with Gasteiger partial charge in [0.1, 0.15) is 0 Å². The molecule has 80 valence electrons. The van der Waals surface area contributed by atoms with Crippen molar-refractivity contribution in [3.63, 3.8) is 0 Å². The van der Waals surface area contributed by atoms with Crippen molar-refractivity contribution in [1.29, 1.82) is 0 Å². The molecule has 0 saturated heterocycles. The number of nitrogens with one attached hydrogen (secondary N) is 1. The molecule has 0 spiro atoms. The first-order valence-corrected chi connectivity index (χ1v) is 6.18. The maximum atomic E-state index is 5.47. The van der Waals surface area contributed by atoms with Crippen LogP contribution in [0.5, 0.6) is 0 Å². The zero-order chi connectivity index (χ0) is 10.4. The molecule has 0 aliphatic carbocycles.